The molecule has 0 amide bonds. The summed E-state index contributed by atoms with van der Waals surface area (Å²) >= 11 is 0. The Morgan fingerprint density at radius 2 is 2.29 bits per heavy atom. The van der Waals surface area contributed by atoms with Crippen LogP contribution in [0, 0.1) is 5.92 Å². The highest BCUT2D eigenvalue weighted by Gasteiger charge is 2.13. The van der Waals surface area contributed by atoms with Crippen molar-refractivity contribution in [1.82, 2.24) is 4.57 Å². The van der Waals surface area contributed by atoms with Gasteiger partial charge in [0.15, 0.2) is 6.29 Å². The molecule has 1 heterocycles. The molecule has 5 nitrogen and oxygen atoms in total. The van der Waals surface area contributed by atoms with Crippen molar-refractivity contribution in [3.8, 4) is 0 Å². The smallest absolute Gasteiger partial charge is 0.306 e. The number of nitrogens with zero attached hydrogens (tertiary/aromatic N) is 1. The lowest BCUT2D eigenvalue weighted by Gasteiger charge is -2.12. The van der Waals surface area contributed by atoms with Crippen molar-refractivity contribution in [2.24, 2.45) is 5.92 Å². The molecule has 5 heteroatoms. The molecule has 1 rings (SSSR count). The van der Waals surface area contributed by atoms with Gasteiger partial charge in [0, 0.05) is 19.3 Å². The van der Waals surface area contributed by atoms with Gasteiger partial charge in [0.2, 0.25) is 0 Å². The molecule has 0 saturated carbocycles. The number of rotatable bonds is 7. The van der Waals surface area contributed by atoms with Gasteiger partial charge in [-0.3, -0.25) is 9.59 Å². The number of carboxylic acids is 1. The molecule has 1 atom stereocenters. The Bertz CT molecular complexity index is 397. The van der Waals surface area contributed by atoms with Gasteiger partial charge in [-0.2, -0.15) is 0 Å². The molecule has 0 aliphatic rings. The molecular formula is C12H17NO4. The van der Waals surface area contributed by atoms with Crippen molar-refractivity contribution in [2.45, 2.75) is 26.5 Å². The highest BCUT2D eigenvalue weighted by Crippen LogP contribution is 2.12. The van der Waals surface area contributed by atoms with E-state index in [1.165, 1.54) is 0 Å². The number of aldehydes is 1. The first kappa shape index (κ1) is 13.4. The quantitative estimate of drug-likeness (QED) is 0.733. The zero-order valence-electron chi connectivity index (χ0n) is 10.0. The van der Waals surface area contributed by atoms with E-state index < -0.39 is 11.9 Å². The fourth-order valence-electron chi connectivity index (χ4n) is 1.62. The van der Waals surface area contributed by atoms with E-state index in [-0.39, 0.29) is 0 Å². The molecule has 1 aromatic rings. The van der Waals surface area contributed by atoms with Crippen LogP contribution >= 0.6 is 0 Å². The summed E-state index contributed by atoms with van der Waals surface area (Å²) < 4.78 is 6.83. The first-order chi connectivity index (χ1) is 8.10. The van der Waals surface area contributed by atoms with E-state index in [2.05, 4.69) is 0 Å². The van der Waals surface area contributed by atoms with Crippen LogP contribution in [0.5, 0.6) is 0 Å². The average Bonchev–Trinajstić information content (AvgIpc) is 2.68. The Balaban J connectivity index is 2.76. The Kier molecular flexibility index (Phi) is 4.90. The first-order valence-electron chi connectivity index (χ1n) is 5.45. The highest BCUT2D eigenvalue weighted by atomic mass is 16.5. The van der Waals surface area contributed by atoms with E-state index in [0.717, 1.165) is 12.0 Å². The maximum absolute atomic E-state index is 10.8. The molecule has 0 spiro atoms. The summed E-state index contributed by atoms with van der Waals surface area (Å²) in [5, 5.41) is 8.81. The van der Waals surface area contributed by atoms with Crippen LogP contribution in [0.1, 0.15) is 29.5 Å². The Labute approximate surface area is 100 Å². The van der Waals surface area contributed by atoms with Gasteiger partial charge in [-0.25, -0.2) is 0 Å². The van der Waals surface area contributed by atoms with Gasteiger partial charge in [-0.05, 0) is 18.6 Å². The molecule has 1 N–H and O–H groups in total. The maximum atomic E-state index is 10.8. The number of carbonyl (C=O) groups is 2. The second kappa shape index (κ2) is 6.20. The SMILES string of the molecule is COCc1ccc(C=O)n1CCC(C)C(=O)O. The Morgan fingerprint density at radius 1 is 1.59 bits per heavy atom. The molecule has 1 unspecified atom stereocenters. The molecule has 0 aliphatic heterocycles. The number of aliphatic carboxylic acids is 1. The van der Waals surface area contributed by atoms with E-state index in [1.54, 1.807) is 24.7 Å². The van der Waals surface area contributed by atoms with E-state index in [1.807, 2.05) is 6.07 Å². The van der Waals surface area contributed by atoms with Crippen molar-refractivity contribution in [3.63, 3.8) is 0 Å². The predicted octanol–water partition coefficient (Wildman–Crippen LogP) is 1.56. The zero-order chi connectivity index (χ0) is 12.8. The van der Waals surface area contributed by atoms with E-state index in [4.69, 9.17) is 9.84 Å². The van der Waals surface area contributed by atoms with Gasteiger partial charge < -0.3 is 14.4 Å². The summed E-state index contributed by atoms with van der Waals surface area (Å²) in [6.45, 7) is 2.57. The van der Waals surface area contributed by atoms with Crippen LogP contribution in [-0.2, 0) is 22.7 Å². The summed E-state index contributed by atoms with van der Waals surface area (Å²) in [5.74, 6) is -1.25. The topological polar surface area (TPSA) is 68.5 Å². The Morgan fingerprint density at radius 3 is 2.82 bits per heavy atom. The largest absolute Gasteiger partial charge is 0.481 e. The molecule has 1 aromatic heterocycles. The summed E-state index contributed by atoms with van der Waals surface area (Å²) in [4.78, 5) is 21.6. The van der Waals surface area contributed by atoms with Gasteiger partial charge in [-0.1, -0.05) is 6.92 Å². The number of hydrogen-bond acceptors (Lipinski definition) is 3. The molecule has 0 aromatic carbocycles. The van der Waals surface area contributed by atoms with E-state index in [0.29, 0.717) is 25.3 Å². The normalized spacial score (nSPS) is 12.4. The summed E-state index contributed by atoms with van der Waals surface area (Å²) in [6.07, 6.45) is 1.26. The predicted molar refractivity (Wildman–Crippen MR) is 61.9 cm³/mol. The average molecular weight is 239 g/mol. The molecule has 0 saturated heterocycles. The van der Waals surface area contributed by atoms with Crippen molar-refractivity contribution < 1.29 is 19.4 Å². The molecule has 0 aliphatic carbocycles. The number of aromatic nitrogens is 1. The van der Waals surface area contributed by atoms with Gasteiger partial charge in [0.1, 0.15) is 0 Å². The highest BCUT2D eigenvalue weighted by molar-refractivity contribution is 5.73. The lowest BCUT2D eigenvalue weighted by molar-refractivity contribution is -0.141. The van der Waals surface area contributed by atoms with Gasteiger partial charge in [-0.15, -0.1) is 0 Å². The van der Waals surface area contributed by atoms with Gasteiger partial charge in [0.25, 0.3) is 0 Å². The second-order valence-electron chi connectivity index (χ2n) is 3.98. The molecule has 17 heavy (non-hydrogen) atoms. The van der Waals surface area contributed by atoms with Crippen LogP contribution in [0.2, 0.25) is 0 Å². The minimum Gasteiger partial charge on any atom is -0.481 e. The van der Waals surface area contributed by atoms with E-state index in [9.17, 15) is 9.59 Å². The minimum absolute atomic E-state index is 0.412. The second-order valence-corrected chi connectivity index (χ2v) is 3.98. The number of hydrogen-bond donors (Lipinski definition) is 1. The minimum atomic E-state index is -0.821. The van der Waals surface area contributed by atoms with E-state index >= 15 is 0 Å². The lowest BCUT2D eigenvalue weighted by Crippen LogP contribution is -2.15. The zero-order valence-corrected chi connectivity index (χ0v) is 10.0. The van der Waals surface area contributed by atoms with Gasteiger partial charge in [0.05, 0.1) is 18.2 Å². The summed E-state index contributed by atoms with van der Waals surface area (Å²) in [6, 6.07) is 3.53. The third-order valence-corrected chi connectivity index (χ3v) is 2.73. The summed E-state index contributed by atoms with van der Waals surface area (Å²) in [5.41, 5.74) is 1.43. The fraction of sp³-hybridized carbons (Fsp3) is 0.500. The fourth-order valence-corrected chi connectivity index (χ4v) is 1.62. The number of methoxy groups -OCH3 is 1. The van der Waals surface area contributed by atoms with Crippen LogP contribution in [0.3, 0.4) is 0 Å². The standard InChI is InChI=1S/C12H17NO4/c1-9(12(15)16)5-6-13-10(7-14)3-4-11(13)8-17-2/h3-4,7,9H,5-6,8H2,1-2H3,(H,15,16). The molecule has 0 bridgehead atoms. The number of carbonyl (C=O) groups excluding carboxylic acids is 1. The van der Waals surface area contributed by atoms with Crippen LogP contribution in [0.25, 0.3) is 0 Å². The van der Waals surface area contributed by atoms with Crippen molar-refractivity contribution in [3.05, 3.63) is 23.5 Å². The van der Waals surface area contributed by atoms with Crippen LogP contribution < -0.4 is 0 Å². The first-order valence-corrected chi connectivity index (χ1v) is 5.45. The third kappa shape index (κ3) is 3.42. The van der Waals surface area contributed by atoms with Crippen LogP contribution in [-0.4, -0.2) is 29.0 Å². The monoisotopic (exact) mass is 239 g/mol. The van der Waals surface area contributed by atoms with Crippen molar-refractivity contribution in [1.29, 1.82) is 0 Å². The van der Waals surface area contributed by atoms with Crippen LogP contribution in [0.15, 0.2) is 12.1 Å². The number of carboxylic acid groups (broad SMARTS) is 1. The molecule has 94 valence electrons. The lowest BCUT2D eigenvalue weighted by atomic mass is 10.1. The van der Waals surface area contributed by atoms with Crippen LogP contribution in [0.4, 0.5) is 0 Å². The van der Waals surface area contributed by atoms with Crippen molar-refractivity contribution in [2.75, 3.05) is 7.11 Å². The molecular weight excluding hydrogens is 222 g/mol. The van der Waals surface area contributed by atoms with Crippen molar-refractivity contribution >= 4 is 12.3 Å². The van der Waals surface area contributed by atoms with Gasteiger partial charge >= 0.3 is 5.97 Å². The third-order valence-electron chi connectivity index (χ3n) is 2.73. The maximum Gasteiger partial charge on any atom is 0.306 e. The molecule has 0 radical (unpaired) electrons. The molecule has 0 fully saturated rings. The number of ether oxygens (including phenoxy) is 1. The summed E-state index contributed by atoms with van der Waals surface area (Å²) in [7, 11) is 1.58. The Hall–Kier alpha value is -1.62.